The molecule has 0 radical (unpaired) electrons. The van der Waals surface area contributed by atoms with Gasteiger partial charge in [0, 0.05) is 25.7 Å². The van der Waals surface area contributed by atoms with Crippen molar-refractivity contribution in [3.05, 3.63) is 72.4 Å². The molecule has 0 aliphatic carbocycles. The fraction of sp³-hybridized carbons (Fsp3) is 0.130. The van der Waals surface area contributed by atoms with E-state index in [1.807, 2.05) is 35.6 Å². The fourth-order valence-corrected chi connectivity index (χ4v) is 4.59. The van der Waals surface area contributed by atoms with Crippen LogP contribution in [0.1, 0.15) is 25.5 Å². The van der Waals surface area contributed by atoms with Gasteiger partial charge in [0.05, 0.1) is 22.4 Å². The molecule has 0 atom stereocenters. The topological polar surface area (TPSA) is 25.8 Å². The minimum absolute atomic E-state index is 0.317. The lowest BCUT2D eigenvalue weighted by Gasteiger charge is -2.13. The Bertz CT molecular complexity index is 1270. The Kier molecular flexibility index (Phi) is 3.50. The highest BCUT2D eigenvalue weighted by Gasteiger charge is 2.15. The molecule has 0 saturated heterocycles. The van der Waals surface area contributed by atoms with Crippen LogP contribution in [0.2, 0.25) is 0 Å². The molecule has 5 aromatic rings. The van der Waals surface area contributed by atoms with E-state index in [4.69, 9.17) is 9.97 Å². The average Bonchev–Trinajstić information content (AvgIpc) is 3.04. The molecule has 2 heterocycles. The molecular weight excluding hydrogens is 336 g/mol. The van der Waals surface area contributed by atoms with Crippen molar-refractivity contribution < 1.29 is 0 Å². The minimum atomic E-state index is 0.317. The fourth-order valence-electron chi connectivity index (χ4n) is 3.50. The van der Waals surface area contributed by atoms with Crippen LogP contribution in [0.5, 0.6) is 0 Å². The monoisotopic (exact) mass is 354 g/mol. The Labute approximate surface area is 156 Å². The third-order valence-corrected chi connectivity index (χ3v) is 5.95. The van der Waals surface area contributed by atoms with E-state index in [9.17, 15) is 0 Å². The predicted octanol–water partition coefficient (Wildman–Crippen LogP) is 6.79. The van der Waals surface area contributed by atoms with Gasteiger partial charge in [-0.2, -0.15) is 0 Å². The lowest BCUT2D eigenvalue weighted by atomic mass is 10.00. The first-order valence-electron chi connectivity index (χ1n) is 8.89. The Hall–Kier alpha value is -2.78. The van der Waals surface area contributed by atoms with Crippen LogP contribution < -0.4 is 0 Å². The third kappa shape index (κ3) is 2.39. The largest absolute Gasteiger partial charge is 0.249 e. The van der Waals surface area contributed by atoms with Gasteiger partial charge in [-0.05, 0) is 36.2 Å². The normalized spacial score (nSPS) is 11.8. The zero-order valence-corrected chi connectivity index (χ0v) is 15.5. The van der Waals surface area contributed by atoms with Crippen molar-refractivity contribution in [3.8, 4) is 11.3 Å². The van der Waals surface area contributed by atoms with Crippen LogP contribution in [0.3, 0.4) is 0 Å². The van der Waals surface area contributed by atoms with Gasteiger partial charge in [-0.15, -0.1) is 11.3 Å². The van der Waals surface area contributed by atoms with E-state index in [2.05, 4.69) is 56.3 Å². The van der Waals surface area contributed by atoms with Gasteiger partial charge in [0.2, 0.25) is 0 Å². The van der Waals surface area contributed by atoms with Crippen molar-refractivity contribution in [1.82, 2.24) is 9.97 Å². The van der Waals surface area contributed by atoms with E-state index >= 15 is 0 Å². The molecule has 0 fully saturated rings. The summed E-state index contributed by atoms with van der Waals surface area (Å²) >= 11 is 1.84. The quantitative estimate of drug-likeness (QED) is 0.349. The molecule has 0 saturated carbocycles. The zero-order chi connectivity index (χ0) is 17.7. The van der Waals surface area contributed by atoms with Crippen LogP contribution >= 0.6 is 11.3 Å². The third-order valence-electron chi connectivity index (χ3n) is 4.79. The number of hydrogen-bond acceptors (Lipinski definition) is 3. The summed E-state index contributed by atoms with van der Waals surface area (Å²) in [6.07, 6.45) is 0. The highest BCUT2D eigenvalue weighted by atomic mass is 32.1. The molecule has 26 heavy (non-hydrogen) atoms. The summed E-state index contributed by atoms with van der Waals surface area (Å²) in [7, 11) is 0. The molecule has 3 heteroatoms. The van der Waals surface area contributed by atoms with E-state index in [0.29, 0.717) is 5.92 Å². The average molecular weight is 354 g/mol. The molecule has 5 rings (SSSR count). The molecule has 0 spiro atoms. The highest BCUT2D eigenvalue weighted by Crippen LogP contribution is 2.37. The van der Waals surface area contributed by atoms with Crippen molar-refractivity contribution in [2.75, 3.05) is 0 Å². The summed E-state index contributed by atoms with van der Waals surface area (Å²) < 4.78 is 2.64. The summed E-state index contributed by atoms with van der Waals surface area (Å²) in [5.74, 6) is 0.317. The molecule has 0 unspecified atom stereocenters. The van der Waals surface area contributed by atoms with Crippen molar-refractivity contribution in [2.45, 2.75) is 19.8 Å². The molecule has 0 aliphatic rings. The van der Waals surface area contributed by atoms with E-state index in [1.54, 1.807) is 0 Å². The van der Waals surface area contributed by atoms with Gasteiger partial charge in [0.15, 0.2) is 0 Å². The second-order valence-electron chi connectivity index (χ2n) is 6.91. The Balaban J connectivity index is 1.81. The first kappa shape index (κ1) is 15.5. The minimum Gasteiger partial charge on any atom is -0.249 e. The highest BCUT2D eigenvalue weighted by molar-refractivity contribution is 7.25. The number of fused-ring (bicyclic) bond motifs is 4. The lowest BCUT2D eigenvalue weighted by molar-refractivity contribution is 0.825. The van der Waals surface area contributed by atoms with Crippen molar-refractivity contribution in [1.29, 1.82) is 0 Å². The number of para-hydroxylation sites is 2. The molecular formula is C23H18N2S. The van der Waals surface area contributed by atoms with Gasteiger partial charge in [0.25, 0.3) is 0 Å². The summed E-state index contributed by atoms with van der Waals surface area (Å²) in [4.78, 5) is 9.90. The number of nitrogens with zero attached hydrogens (tertiary/aromatic N) is 2. The van der Waals surface area contributed by atoms with Gasteiger partial charge in [-0.25, -0.2) is 9.97 Å². The predicted molar refractivity (Wildman–Crippen MR) is 112 cm³/mol. The first-order chi connectivity index (χ1) is 12.7. The van der Waals surface area contributed by atoms with Gasteiger partial charge < -0.3 is 0 Å². The molecule has 3 aromatic carbocycles. The maximum atomic E-state index is 4.98. The van der Waals surface area contributed by atoms with Gasteiger partial charge >= 0.3 is 0 Å². The molecule has 0 aliphatic heterocycles. The molecule has 0 N–H and O–H groups in total. The molecule has 126 valence electrons. The van der Waals surface area contributed by atoms with Crippen molar-refractivity contribution >= 4 is 42.5 Å². The second kappa shape index (κ2) is 5.89. The lowest BCUT2D eigenvalue weighted by Crippen LogP contribution is -2.00. The van der Waals surface area contributed by atoms with Gasteiger partial charge in [-0.1, -0.05) is 50.2 Å². The Morgan fingerprint density at radius 1 is 0.731 bits per heavy atom. The molecule has 0 bridgehead atoms. The maximum Gasteiger partial charge on any atom is 0.0928 e. The van der Waals surface area contributed by atoms with Gasteiger partial charge in [-0.3, -0.25) is 0 Å². The number of hydrogen-bond donors (Lipinski definition) is 0. The molecule has 0 amide bonds. The second-order valence-corrected chi connectivity index (χ2v) is 7.99. The molecule has 2 nitrogen and oxygen atoms in total. The number of benzene rings is 3. The van der Waals surface area contributed by atoms with Crippen molar-refractivity contribution in [2.24, 2.45) is 0 Å². The van der Waals surface area contributed by atoms with Crippen molar-refractivity contribution in [3.63, 3.8) is 0 Å². The number of rotatable bonds is 2. The maximum absolute atomic E-state index is 4.98. The standard InChI is InChI=1S/C23H18N2S/c1-14(2)22-23(25-19-9-5-4-8-18(19)24-22)15-11-12-21-17(13-15)16-7-3-6-10-20(16)26-21/h3-14H,1-2H3. The first-order valence-corrected chi connectivity index (χ1v) is 9.71. The van der Waals surface area contributed by atoms with Crippen LogP contribution in [-0.2, 0) is 0 Å². The van der Waals surface area contributed by atoms with Crippen LogP contribution in [0.15, 0.2) is 66.7 Å². The summed E-state index contributed by atoms with van der Waals surface area (Å²) in [5.41, 5.74) is 5.10. The van der Waals surface area contributed by atoms with Crippen LogP contribution in [-0.4, -0.2) is 9.97 Å². The van der Waals surface area contributed by atoms with E-state index in [-0.39, 0.29) is 0 Å². The summed E-state index contributed by atoms with van der Waals surface area (Å²) in [5, 5.41) is 2.61. The smallest absolute Gasteiger partial charge is 0.0928 e. The van der Waals surface area contributed by atoms with Crippen LogP contribution in [0, 0.1) is 0 Å². The zero-order valence-electron chi connectivity index (χ0n) is 14.7. The van der Waals surface area contributed by atoms with Crippen LogP contribution in [0.4, 0.5) is 0 Å². The SMILES string of the molecule is CC(C)c1nc2ccccc2nc1-c1ccc2sc3ccccc3c2c1. The van der Waals surface area contributed by atoms with E-state index in [0.717, 1.165) is 28.0 Å². The number of thiophene rings is 1. The summed E-state index contributed by atoms with van der Waals surface area (Å²) in [6, 6.07) is 23.4. The Morgan fingerprint density at radius 2 is 1.42 bits per heavy atom. The van der Waals surface area contributed by atoms with E-state index < -0.39 is 0 Å². The molecule has 2 aromatic heterocycles. The van der Waals surface area contributed by atoms with Gasteiger partial charge in [0.1, 0.15) is 0 Å². The Morgan fingerprint density at radius 3 is 2.23 bits per heavy atom. The summed E-state index contributed by atoms with van der Waals surface area (Å²) in [6.45, 7) is 4.36. The van der Waals surface area contributed by atoms with E-state index in [1.165, 1.54) is 20.2 Å². The number of aromatic nitrogens is 2. The van der Waals surface area contributed by atoms with Crippen LogP contribution in [0.25, 0.3) is 42.5 Å².